The van der Waals surface area contributed by atoms with E-state index in [1.165, 1.54) is 0 Å². The van der Waals surface area contributed by atoms with E-state index in [4.69, 9.17) is 28.4 Å². The number of rotatable bonds is 0. The Balaban J connectivity index is 0.000000113. The molecule has 6 saturated heterocycles. The normalized spacial score (nSPS) is 32.2. The summed E-state index contributed by atoms with van der Waals surface area (Å²) in [6.07, 6.45) is 0. The van der Waals surface area contributed by atoms with Crippen LogP contribution in [0.1, 0.15) is 62.3 Å². The molecule has 9 rings (SSSR count). The Kier molecular flexibility index (Phi) is 7.27. The van der Waals surface area contributed by atoms with Crippen LogP contribution in [0.5, 0.6) is 0 Å². The Morgan fingerprint density at radius 2 is 0.721 bits per heavy atom. The molecule has 0 aromatic heterocycles. The molecule has 6 fully saturated rings. The Morgan fingerprint density at radius 3 is 0.977 bits per heavy atom. The zero-order chi connectivity index (χ0) is 29.8. The van der Waals surface area contributed by atoms with Crippen molar-refractivity contribution in [1.82, 2.24) is 29.4 Å². The molecule has 0 N–H and O–H groups in total. The zero-order valence-electron chi connectivity index (χ0n) is 26.7. The van der Waals surface area contributed by atoms with Crippen molar-refractivity contribution in [3.8, 4) is 0 Å². The molecule has 9 heterocycles. The second-order valence-electron chi connectivity index (χ2n) is 14.3. The summed E-state index contributed by atoms with van der Waals surface area (Å²) in [5, 5.41) is 0. The van der Waals surface area contributed by atoms with Crippen molar-refractivity contribution >= 4 is 0 Å². The minimum absolute atomic E-state index is 0. The molecule has 12 nitrogen and oxygen atoms in total. The standard InChI is InChI=1S/3C10H15N2O2.Ir/c3*1-7-4-13-8-9-12(6-11(7)8)10(2,3)5-14-9;/h3*6-7H,4-5H2,1-3H3;/q3*-1;+3. The van der Waals surface area contributed by atoms with Gasteiger partial charge in [0.15, 0.2) is 0 Å². The van der Waals surface area contributed by atoms with Crippen LogP contribution in [-0.2, 0) is 48.5 Å². The van der Waals surface area contributed by atoms with E-state index in [2.05, 4.69) is 112 Å². The summed E-state index contributed by atoms with van der Waals surface area (Å²) in [5.74, 6) is 5.34. The quantitative estimate of drug-likeness (QED) is 0.340. The predicted octanol–water partition coefficient (Wildman–Crippen LogP) is 3.23. The molecule has 3 unspecified atom stereocenters. The van der Waals surface area contributed by atoms with Crippen molar-refractivity contribution in [2.75, 3.05) is 39.6 Å². The summed E-state index contributed by atoms with van der Waals surface area (Å²) in [4.78, 5) is 12.9. The van der Waals surface area contributed by atoms with E-state index in [0.29, 0.717) is 18.1 Å². The second kappa shape index (κ2) is 10.3. The maximum absolute atomic E-state index is 5.66. The average molecular weight is 778 g/mol. The van der Waals surface area contributed by atoms with Crippen LogP contribution in [0.4, 0.5) is 0 Å². The van der Waals surface area contributed by atoms with Gasteiger partial charge in [-0.3, -0.25) is 0 Å². The summed E-state index contributed by atoms with van der Waals surface area (Å²) >= 11 is 0. The van der Waals surface area contributed by atoms with Gasteiger partial charge >= 0.3 is 20.1 Å². The van der Waals surface area contributed by atoms with Crippen LogP contribution in [0.15, 0.2) is 35.3 Å². The Bertz CT molecular complexity index is 1090. The van der Waals surface area contributed by atoms with Gasteiger partial charge in [0.1, 0.15) is 39.6 Å². The van der Waals surface area contributed by atoms with Crippen LogP contribution >= 0.6 is 0 Å². The molecule has 0 radical (unpaired) electrons. The van der Waals surface area contributed by atoms with Crippen LogP contribution in [-0.4, -0.2) is 104 Å². The van der Waals surface area contributed by atoms with Crippen molar-refractivity contribution in [2.24, 2.45) is 0 Å². The van der Waals surface area contributed by atoms with E-state index in [-0.39, 0.29) is 36.7 Å². The molecule has 0 aliphatic carbocycles. The van der Waals surface area contributed by atoms with Gasteiger partial charge in [0.05, 0.1) is 0 Å². The van der Waals surface area contributed by atoms with E-state index < -0.39 is 0 Å². The SMILES string of the molecule is CC1COC2=C3OCC(C)(C)N3[CH-]N21.CC1COC2=C3OCC(C)(C)N3[CH-]N21.CC1COC2=C3OCC(C)(C)N3[CH-]N21.[Ir+3]. The van der Waals surface area contributed by atoms with Gasteiger partial charge in [-0.15, -0.1) is 20.0 Å². The molecule has 9 aliphatic rings. The fourth-order valence-corrected chi connectivity index (χ4v) is 6.15. The third kappa shape index (κ3) is 4.71. The van der Waals surface area contributed by atoms with Gasteiger partial charge in [-0.2, -0.15) is 0 Å². The smallest absolute Gasteiger partial charge is 0.475 e. The van der Waals surface area contributed by atoms with Crippen molar-refractivity contribution in [3.05, 3.63) is 55.3 Å². The molecular formula is C30H45IrN6O6. The molecule has 9 aliphatic heterocycles. The van der Waals surface area contributed by atoms with E-state index in [9.17, 15) is 0 Å². The number of fused-ring (bicyclic) bond motifs is 6. The Labute approximate surface area is 269 Å². The summed E-state index contributed by atoms with van der Waals surface area (Å²) in [7, 11) is 0. The minimum Gasteiger partial charge on any atom is -0.475 e. The van der Waals surface area contributed by atoms with Gasteiger partial charge in [0, 0.05) is 34.7 Å². The third-order valence-electron chi connectivity index (χ3n) is 9.08. The molecule has 0 aromatic carbocycles. The van der Waals surface area contributed by atoms with Gasteiger partial charge in [0.25, 0.3) is 0 Å². The van der Waals surface area contributed by atoms with Crippen LogP contribution in [0, 0.1) is 20.0 Å². The monoisotopic (exact) mass is 778 g/mol. The van der Waals surface area contributed by atoms with Crippen molar-refractivity contribution < 1.29 is 48.5 Å². The minimum atomic E-state index is 0. The van der Waals surface area contributed by atoms with Crippen LogP contribution < -0.4 is 0 Å². The van der Waals surface area contributed by atoms with Gasteiger partial charge in [-0.25, -0.2) is 0 Å². The fourth-order valence-electron chi connectivity index (χ4n) is 6.15. The number of hydrogen-bond donors (Lipinski definition) is 0. The van der Waals surface area contributed by atoms with Crippen molar-refractivity contribution in [2.45, 2.75) is 97.1 Å². The maximum atomic E-state index is 5.66. The molecule has 3 atom stereocenters. The Morgan fingerprint density at radius 1 is 0.465 bits per heavy atom. The first kappa shape index (κ1) is 30.5. The van der Waals surface area contributed by atoms with Crippen LogP contribution in [0.2, 0.25) is 0 Å². The summed E-state index contributed by atoms with van der Waals surface area (Å²) in [5.41, 5.74) is 0.154. The summed E-state index contributed by atoms with van der Waals surface area (Å²) < 4.78 is 33.8. The van der Waals surface area contributed by atoms with Crippen molar-refractivity contribution in [3.63, 3.8) is 0 Å². The predicted molar refractivity (Wildman–Crippen MR) is 151 cm³/mol. The van der Waals surface area contributed by atoms with E-state index in [1.807, 2.05) is 0 Å². The largest absolute Gasteiger partial charge is 3.00 e. The van der Waals surface area contributed by atoms with Gasteiger partial charge in [-0.05, 0) is 62.3 Å². The summed E-state index contributed by atoms with van der Waals surface area (Å²) in [6.45, 7) is 30.3. The maximum Gasteiger partial charge on any atom is 3.00 e. The van der Waals surface area contributed by atoms with E-state index in [0.717, 1.165) is 74.9 Å². The molecular weight excluding hydrogens is 733 g/mol. The molecule has 0 amide bonds. The average Bonchev–Trinajstić information content (AvgIpc) is 3.75. The molecule has 0 saturated carbocycles. The van der Waals surface area contributed by atoms with Gasteiger partial charge in [-0.1, -0.05) is 0 Å². The van der Waals surface area contributed by atoms with E-state index in [1.54, 1.807) is 0 Å². The molecule has 13 heteroatoms. The molecule has 0 bridgehead atoms. The van der Waals surface area contributed by atoms with E-state index >= 15 is 0 Å². The topological polar surface area (TPSA) is 74.8 Å². The number of nitrogens with zero attached hydrogens (tertiary/aromatic N) is 6. The zero-order valence-corrected chi connectivity index (χ0v) is 29.1. The van der Waals surface area contributed by atoms with Gasteiger partial charge in [0.2, 0.25) is 35.3 Å². The molecule has 240 valence electrons. The first-order valence-electron chi connectivity index (χ1n) is 15.1. The van der Waals surface area contributed by atoms with Crippen molar-refractivity contribution in [1.29, 1.82) is 0 Å². The molecule has 0 spiro atoms. The molecule has 43 heavy (non-hydrogen) atoms. The molecule has 0 aromatic rings. The van der Waals surface area contributed by atoms with Gasteiger partial charge < -0.3 is 57.8 Å². The first-order chi connectivity index (χ1) is 19.8. The second-order valence-corrected chi connectivity index (χ2v) is 14.3. The summed E-state index contributed by atoms with van der Waals surface area (Å²) in [6, 6.07) is 1.26. The van der Waals surface area contributed by atoms with Crippen LogP contribution in [0.3, 0.4) is 0 Å². The number of hydrogen-bond acceptors (Lipinski definition) is 12. The number of ether oxygens (including phenoxy) is 6. The third-order valence-corrected chi connectivity index (χ3v) is 9.08. The van der Waals surface area contributed by atoms with Crippen LogP contribution in [0.25, 0.3) is 0 Å². The first-order valence-corrected chi connectivity index (χ1v) is 15.1. The Hall–Kier alpha value is -2.53. The fraction of sp³-hybridized carbons (Fsp3) is 0.700.